The van der Waals surface area contributed by atoms with Crippen LogP contribution in [0.4, 0.5) is 5.69 Å². The number of carbonyl (C=O) groups is 2. The van der Waals surface area contributed by atoms with Crippen LogP contribution in [0.2, 0.25) is 0 Å². The fraction of sp³-hybridized carbons (Fsp3) is 0.500. The second kappa shape index (κ2) is 10.8. The lowest BCUT2D eigenvalue weighted by molar-refractivity contribution is -0.122. The molecule has 10 nitrogen and oxygen atoms in total. The second-order valence-electron chi connectivity index (χ2n) is 8.48. The maximum atomic E-state index is 12.9. The average Bonchev–Trinajstić information content (AvgIpc) is 3.44. The Kier molecular flexibility index (Phi) is 8.09. The molecule has 3 rings (SSSR count). The number of benzene rings is 1. The molecule has 3 N–H and O–H groups in total. The van der Waals surface area contributed by atoms with Crippen LogP contribution in [0.15, 0.2) is 41.6 Å². The molecule has 0 spiro atoms. The van der Waals surface area contributed by atoms with Crippen LogP contribution in [0, 0.1) is 5.92 Å². The minimum atomic E-state index is -3.93. The Bertz CT molecular complexity index is 1060. The average molecular weight is 478 g/mol. The molecule has 0 bridgehead atoms. The van der Waals surface area contributed by atoms with Crippen molar-refractivity contribution in [1.82, 2.24) is 19.8 Å². The third kappa shape index (κ3) is 6.78. The molecule has 1 saturated carbocycles. The molecule has 33 heavy (non-hydrogen) atoms. The third-order valence-corrected chi connectivity index (χ3v) is 6.98. The topological polar surface area (TPSA) is 131 Å². The van der Waals surface area contributed by atoms with E-state index in [2.05, 4.69) is 20.5 Å². The van der Waals surface area contributed by atoms with Crippen molar-refractivity contribution in [2.45, 2.75) is 63.1 Å². The number of anilines is 1. The molecule has 0 saturated heterocycles. The van der Waals surface area contributed by atoms with Gasteiger partial charge in [0.05, 0.1) is 23.9 Å². The van der Waals surface area contributed by atoms with E-state index in [-0.39, 0.29) is 29.3 Å². The monoisotopic (exact) mass is 477 g/mol. The van der Waals surface area contributed by atoms with Gasteiger partial charge in [0.2, 0.25) is 21.8 Å². The molecule has 0 radical (unpaired) electrons. The Morgan fingerprint density at radius 3 is 2.45 bits per heavy atom. The van der Waals surface area contributed by atoms with E-state index in [0.29, 0.717) is 11.4 Å². The lowest BCUT2D eigenvalue weighted by Crippen LogP contribution is -2.46. The standard InChI is InChI=1S/C22H31N5O5S/c1-15(2)21(26-33(30,31)19-10-8-18(32-3)9-11-19)22(29)25-17-12-23-27(13-17)14-20(28)24-16-6-4-5-7-16/h8-13,15-16,21,26H,4-7,14H2,1-3H3,(H,24,28)(H,25,29)/t21-/m0/s1. The van der Waals surface area contributed by atoms with Gasteiger partial charge in [-0.15, -0.1) is 0 Å². The minimum absolute atomic E-state index is 0.0304. The van der Waals surface area contributed by atoms with Crippen molar-refractivity contribution in [3.63, 3.8) is 0 Å². The number of carbonyl (C=O) groups excluding carboxylic acids is 2. The maximum absolute atomic E-state index is 12.9. The zero-order chi connectivity index (χ0) is 24.0. The molecule has 1 aromatic carbocycles. The fourth-order valence-electron chi connectivity index (χ4n) is 3.71. The SMILES string of the molecule is COc1ccc(S(=O)(=O)N[C@H](C(=O)Nc2cnn(CC(=O)NC3CCCC3)c2)C(C)C)cc1. The van der Waals surface area contributed by atoms with Crippen LogP contribution in [-0.2, 0) is 26.2 Å². The van der Waals surface area contributed by atoms with Crippen molar-refractivity contribution in [2.75, 3.05) is 12.4 Å². The summed E-state index contributed by atoms with van der Waals surface area (Å²) < 4.78 is 34.5. The van der Waals surface area contributed by atoms with Gasteiger partial charge in [-0.3, -0.25) is 14.3 Å². The van der Waals surface area contributed by atoms with E-state index in [1.54, 1.807) is 20.0 Å². The number of nitrogens with one attached hydrogen (secondary N) is 3. The first-order valence-electron chi connectivity index (χ1n) is 11.0. The Morgan fingerprint density at radius 2 is 1.85 bits per heavy atom. The van der Waals surface area contributed by atoms with Crippen LogP contribution >= 0.6 is 0 Å². The van der Waals surface area contributed by atoms with E-state index in [0.717, 1.165) is 25.7 Å². The number of methoxy groups -OCH3 is 1. The number of nitrogens with zero attached hydrogens (tertiary/aromatic N) is 2. The summed E-state index contributed by atoms with van der Waals surface area (Å²) >= 11 is 0. The first kappa shape index (κ1) is 24.7. The van der Waals surface area contributed by atoms with Crippen LogP contribution in [0.5, 0.6) is 5.75 Å². The van der Waals surface area contributed by atoms with Crippen LogP contribution in [-0.4, -0.2) is 49.2 Å². The van der Waals surface area contributed by atoms with Gasteiger partial charge in [-0.05, 0) is 43.0 Å². The summed E-state index contributed by atoms with van der Waals surface area (Å²) in [6.45, 7) is 3.54. The van der Waals surface area contributed by atoms with Crippen molar-refractivity contribution in [1.29, 1.82) is 0 Å². The number of hydrogen-bond donors (Lipinski definition) is 3. The maximum Gasteiger partial charge on any atom is 0.242 e. The molecule has 2 aromatic rings. The summed E-state index contributed by atoms with van der Waals surface area (Å²) in [4.78, 5) is 25.1. The summed E-state index contributed by atoms with van der Waals surface area (Å²) in [7, 11) is -2.44. The summed E-state index contributed by atoms with van der Waals surface area (Å²) in [5, 5.41) is 9.79. The van der Waals surface area contributed by atoms with Crippen molar-refractivity contribution >= 4 is 27.5 Å². The Labute approximate surface area is 194 Å². The Morgan fingerprint density at radius 1 is 1.18 bits per heavy atom. The predicted octanol–water partition coefficient (Wildman–Crippen LogP) is 1.89. The number of hydrogen-bond acceptors (Lipinski definition) is 6. The van der Waals surface area contributed by atoms with E-state index >= 15 is 0 Å². The number of aromatic nitrogens is 2. The van der Waals surface area contributed by atoms with Crippen molar-refractivity contribution in [3.8, 4) is 5.75 Å². The summed E-state index contributed by atoms with van der Waals surface area (Å²) in [5.74, 6) is -0.432. The smallest absolute Gasteiger partial charge is 0.242 e. The molecule has 180 valence electrons. The molecule has 1 atom stereocenters. The van der Waals surface area contributed by atoms with Gasteiger partial charge in [-0.1, -0.05) is 26.7 Å². The highest BCUT2D eigenvalue weighted by atomic mass is 32.2. The van der Waals surface area contributed by atoms with E-state index in [9.17, 15) is 18.0 Å². The van der Waals surface area contributed by atoms with Gasteiger partial charge in [0.25, 0.3) is 0 Å². The molecule has 1 fully saturated rings. The molecule has 11 heteroatoms. The van der Waals surface area contributed by atoms with Gasteiger partial charge in [0.15, 0.2) is 0 Å². The number of amides is 2. The Hall–Kier alpha value is -2.92. The van der Waals surface area contributed by atoms with Crippen molar-refractivity contribution in [3.05, 3.63) is 36.7 Å². The molecular weight excluding hydrogens is 446 g/mol. The van der Waals surface area contributed by atoms with Gasteiger partial charge >= 0.3 is 0 Å². The lowest BCUT2D eigenvalue weighted by atomic mass is 10.1. The first-order chi connectivity index (χ1) is 15.7. The van der Waals surface area contributed by atoms with Crippen molar-refractivity contribution in [2.24, 2.45) is 5.92 Å². The summed E-state index contributed by atoms with van der Waals surface area (Å²) in [6.07, 6.45) is 7.21. The summed E-state index contributed by atoms with van der Waals surface area (Å²) in [5.41, 5.74) is 0.378. The molecule has 2 amide bonds. The molecule has 0 aliphatic heterocycles. The largest absolute Gasteiger partial charge is 0.497 e. The highest BCUT2D eigenvalue weighted by Crippen LogP contribution is 2.19. The molecule has 1 heterocycles. The van der Waals surface area contributed by atoms with Gasteiger partial charge in [-0.25, -0.2) is 8.42 Å². The highest BCUT2D eigenvalue weighted by molar-refractivity contribution is 7.89. The van der Waals surface area contributed by atoms with Crippen LogP contribution in [0.3, 0.4) is 0 Å². The van der Waals surface area contributed by atoms with E-state index in [1.807, 2.05) is 0 Å². The molecule has 1 aliphatic carbocycles. The number of rotatable bonds is 10. The molecular formula is C22H31N5O5S. The lowest BCUT2D eigenvalue weighted by Gasteiger charge is -2.21. The fourth-order valence-corrected chi connectivity index (χ4v) is 5.05. The molecule has 1 aliphatic rings. The van der Waals surface area contributed by atoms with Crippen LogP contribution in [0.25, 0.3) is 0 Å². The minimum Gasteiger partial charge on any atom is -0.497 e. The predicted molar refractivity (Wildman–Crippen MR) is 123 cm³/mol. The van der Waals surface area contributed by atoms with Crippen molar-refractivity contribution < 1.29 is 22.7 Å². The zero-order valence-electron chi connectivity index (χ0n) is 19.1. The van der Waals surface area contributed by atoms with Gasteiger partial charge in [0.1, 0.15) is 18.3 Å². The molecule has 0 unspecified atom stereocenters. The van der Waals surface area contributed by atoms with Gasteiger partial charge < -0.3 is 15.4 Å². The highest BCUT2D eigenvalue weighted by Gasteiger charge is 2.29. The van der Waals surface area contributed by atoms with E-state index < -0.39 is 22.0 Å². The van der Waals surface area contributed by atoms with Crippen LogP contribution in [0.1, 0.15) is 39.5 Å². The number of ether oxygens (including phenoxy) is 1. The van der Waals surface area contributed by atoms with Gasteiger partial charge in [-0.2, -0.15) is 9.82 Å². The zero-order valence-corrected chi connectivity index (χ0v) is 19.9. The van der Waals surface area contributed by atoms with E-state index in [1.165, 1.54) is 42.3 Å². The number of sulfonamides is 1. The Balaban J connectivity index is 1.61. The molecule has 1 aromatic heterocycles. The van der Waals surface area contributed by atoms with Gasteiger partial charge in [0, 0.05) is 12.2 Å². The third-order valence-electron chi connectivity index (χ3n) is 5.53. The second-order valence-corrected chi connectivity index (χ2v) is 10.2. The van der Waals surface area contributed by atoms with Crippen LogP contribution < -0.4 is 20.1 Å². The first-order valence-corrected chi connectivity index (χ1v) is 12.5. The van der Waals surface area contributed by atoms with E-state index in [4.69, 9.17) is 4.74 Å². The summed E-state index contributed by atoms with van der Waals surface area (Å²) in [6, 6.07) is 5.12. The normalized spacial score (nSPS) is 15.4. The quantitative estimate of drug-likeness (QED) is 0.479.